The second-order valence-electron chi connectivity index (χ2n) is 9.87. The van der Waals surface area contributed by atoms with Crippen molar-refractivity contribution in [1.29, 1.82) is 0 Å². The number of anilines is 2. The van der Waals surface area contributed by atoms with E-state index in [0.29, 0.717) is 45.9 Å². The molecule has 1 aromatic heterocycles. The number of rotatable bonds is 9. The molecule has 0 bridgehead atoms. The number of nitrogens with one attached hydrogen (secondary N) is 1. The molecule has 0 radical (unpaired) electrons. The van der Waals surface area contributed by atoms with Gasteiger partial charge in [-0.3, -0.25) is 9.69 Å². The van der Waals surface area contributed by atoms with Crippen molar-refractivity contribution < 1.29 is 19.1 Å². The second-order valence-corrected chi connectivity index (χ2v) is 10.7. The number of methoxy groups -OCH3 is 2. The normalized spacial score (nSPS) is 13.6. The summed E-state index contributed by atoms with van der Waals surface area (Å²) < 4.78 is 13.4. The summed E-state index contributed by atoms with van der Waals surface area (Å²) in [5.74, 6) is 0.983. The van der Waals surface area contributed by atoms with E-state index < -0.39 is 12.1 Å². The lowest BCUT2D eigenvalue weighted by Crippen LogP contribution is -2.48. The van der Waals surface area contributed by atoms with Crippen LogP contribution < -0.4 is 19.7 Å². The quantitative estimate of drug-likeness (QED) is 0.213. The first-order valence-corrected chi connectivity index (χ1v) is 14.4. The summed E-state index contributed by atoms with van der Waals surface area (Å²) in [6, 6.07) is 21.2. The highest BCUT2D eigenvalue weighted by Crippen LogP contribution is 2.45. The van der Waals surface area contributed by atoms with Crippen LogP contribution in [-0.4, -0.2) is 48.7 Å². The van der Waals surface area contributed by atoms with Crippen LogP contribution in [0.15, 0.2) is 79.0 Å². The number of hydrogen-bond donors (Lipinski definition) is 1. The van der Waals surface area contributed by atoms with Crippen molar-refractivity contribution in [3.05, 3.63) is 100 Å². The number of benzene rings is 3. The van der Waals surface area contributed by atoms with Crippen molar-refractivity contribution in [3.63, 3.8) is 0 Å². The first-order chi connectivity index (χ1) is 20.4. The van der Waals surface area contributed by atoms with Crippen LogP contribution in [0.3, 0.4) is 0 Å². The van der Waals surface area contributed by atoms with Crippen LogP contribution in [0.25, 0.3) is 5.69 Å². The van der Waals surface area contributed by atoms with Crippen LogP contribution in [0, 0.1) is 0 Å². The molecule has 218 valence electrons. The first kappa shape index (κ1) is 29.4. The Morgan fingerprint density at radius 3 is 2.36 bits per heavy atom. The number of hydrogen-bond acceptors (Lipinski definition) is 4. The molecule has 0 saturated heterocycles. The van der Waals surface area contributed by atoms with Gasteiger partial charge in [-0.15, -0.1) is 0 Å². The monoisotopic (exact) mass is 606 g/mol. The number of unbranched alkanes of at least 4 members (excludes halogenated alkanes) is 1. The van der Waals surface area contributed by atoms with Gasteiger partial charge < -0.3 is 24.3 Å². The molecule has 3 aromatic carbocycles. The highest BCUT2D eigenvalue weighted by Gasteiger charge is 2.38. The average Bonchev–Trinajstić information content (AvgIpc) is 3.50. The molecule has 0 spiro atoms. The zero-order valence-electron chi connectivity index (χ0n) is 23.6. The van der Waals surface area contributed by atoms with E-state index in [1.807, 2.05) is 67.7 Å². The third-order valence-corrected chi connectivity index (χ3v) is 7.94. The van der Waals surface area contributed by atoms with Crippen LogP contribution in [0.4, 0.5) is 16.2 Å². The van der Waals surface area contributed by atoms with Gasteiger partial charge >= 0.3 is 6.03 Å². The fourth-order valence-corrected chi connectivity index (χ4v) is 5.75. The molecule has 10 heteroatoms. The van der Waals surface area contributed by atoms with Gasteiger partial charge in [0.2, 0.25) is 5.91 Å². The molecule has 0 fully saturated rings. The fourth-order valence-electron chi connectivity index (χ4n) is 5.25. The highest BCUT2D eigenvalue weighted by molar-refractivity contribution is 6.39. The highest BCUT2D eigenvalue weighted by atomic mass is 35.5. The van der Waals surface area contributed by atoms with Crippen LogP contribution >= 0.6 is 23.2 Å². The number of amides is 3. The van der Waals surface area contributed by atoms with Crippen molar-refractivity contribution in [3.8, 4) is 17.2 Å². The van der Waals surface area contributed by atoms with E-state index in [-0.39, 0.29) is 12.5 Å². The Balaban J connectivity index is 1.57. The minimum Gasteiger partial charge on any atom is -0.497 e. The van der Waals surface area contributed by atoms with Gasteiger partial charge in [0.25, 0.3) is 0 Å². The van der Waals surface area contributed by atoms with E-state index in [1.165, 1.54) is 4.90 Å². The predicted octanol–water partition coefficient (Wildman–Crippen LogP) is 7.57. The third-order valence-electron chi connectivity index (χ3n) is 7.31. The number of carbonyl (C=O) groups excluding carboxylic acids is 2. The zero-order chi connectivity index (χ0) is 29.8. The largest absolute Gasteiger partial charge is 0.497 e. The molecule has 1 aliphatic heterocycles. The Labute approximate surface area is 255 Å². The van der Waals surface area contributed by atoms with Crippen molar-refractivity contribution in [2.45, 2.75) is 25.8 Å². The molecule has 1 N–H and O–H groups in total. The lowest BCUT2D eigenvalue weighted by Gasteiger charge is -2.40. The second kappa shape index (κ2) is 12.8. The Morgan fingerprint density at radius 1 is 0.929 bits per heavy atom. The van der Waals surface area contributed by atoms with E-state index in [1.54, 1.807) is 37.3 Å². The summed E-state index contributed by atoms with van der Waals surface area (Å²) in [6.07, 6.45) is 3.53. The molecule has 0 aliphatic carbocycles. The molecule has 3 amide bonds. The number of nitrogens with zero attached hydrogens (tertiary/aromatic N) is 3. The summed E-state index contributed by atoms with van der Waals surface area (Å²) in [4.78, 5) is 31.3. The number of halogens is 2. The van der Waals surface area contributed by atoms with Gasteiger partial charge in [0.15, 0.2) is 0 Å². The van der Waals surface area contributed by atoms with Crippen LogP contribution in [0.5, 0.6) is 11.5 Å². The van der Waals surface area contributed by atoms with E-state index in [2.05, 4.69) is 9.88 Å². The molecular weight excluding hydrogens is 575 g/mol. The van der Waals surface area contributed by atoms with E-state index in [0.717, 1.165) is 23.4 Å². The van der Waals surface area contributed by atoms with Crippen molar-refractivity contribution in [1.82, 2.24) is 9.47 Å². The maximum absolute atomic E-state index is 14.5. The molecule has 2 heterocycles. The minimum atomic E-state index is -0.554. The van der Waals surface area contributed by atoms with E-state index >= 15 is 0 Å². The Morgan fingerprint density at radius 2 is 1.67 bits per heavy atom. The standard InChI is InChI=1S/C32H32Cl2N4O4/c1-4-5-17-36(32(40)35-30-23(33)10-8-11-24(30)34)20-29(39)38-26-13-7-6-12-25(26)37-18-9-14-27(37)31(38)22-19-21(41-2)15-16-28(22)42-3/h6-16,18-19,31H,4-5,17,20H2,1-3H3,(H,35,40). The van der Waals surface area contributed by atoms with E-state index in [9.17, 15) is 9.59 Å². The van der Waals surface area contributed by atoms with Crippen molar-refractivity contribution in [2.75, 3.05) is 37.5 Å². The predicted molar refractivity (Wildman–Crippen MR) is 167 cm³/mol. The SMILES string of the molecule is CCCCN(CC(=O)N1c2ccccc2-n2cccc2C1c1cc(OC)ccc1OC)C(=O)Nc1c(Cl)cccc1Cl. The summed E-state index contributed by atoms with van der Waals surface area (Å²) in [5.41, 5.74) is 3.51. The minimum absolute atomic E-state index is 0.175. The van der Waals surface area contributed by atoms with Crippen LogP contribution in [0.1, 0.15) is 37.1 Å². The van der Waals surface area contributed by atoms with E-state index in [4.69, 9.17) is 32.7 Å². The molecule has 1 unspecified atom stereocenters. The zero-order valence-corrected chi connectivity index (χ0v) is 25.2. The average molecular weight is 608 g/mol. The molecule has 8 nitrogen and oxygen atoms in total. The van der Waals surface area contributed by atoms with Gasteiger partial charge in [0, 0.05) is 18.3 Å². The molecule has 5 rings (SSSR count). The van der Waals surface area contributed by atoms with Gasteiger partial charge in [-0.05, 0) is 61.0 Å². The Bertz CT molecular complexity index is 1580. The summed E-state index contributed by atoms with van der Waals surface area (Å²) in [7, 11) is 3.20. The maximum atomic E-state index is 14.5. The molecule has 1 atom stereocenters. The number of urea groups is 1. The first-order valence-electron chi connectivity index (χ1n) is 13.7. The van der Waals surface area contributed by atoms with Gasteiger partial charge in [-0.2, -0.15) is 0 Å². The molecule has 4 aromatic rings. The van der Waals surface area contributed by atoms with Gasteiger partial charge in [-0.25, -0.2) is 4.79 Å². The number of ether oxygens (including phenoxy) is 2. The lowest BCUT2D eigenvalue weighted by molar-refractivity contribution is -0.119. The number of aromatic nitrogens is 1. The van der Waals surface area contributed by atoms with Gasteiger partial charge in [0.1, 0.15) is 24.1 Å². The number of para-hydroxylation sites is 3. The van der Waals surface area contributed by atoms with Gasteiger partial charge in [-0.1, -0.05) is 54.7 Å². The summed E-state index contributed by atoms with van der Waals surface area (Å²) >= 11 is 12.7. The summed E-state index contributed by atoms with van der Waals surface area (Å²) in [6.45, 7) is 2.23. The lowest BCUT2D eigenvalue weighted by atomic mass is 9.96. The van der Waals surface area contributed by atoms with Crippen molar-refractivity contribution >= 4 is 46.5 Å². The van der Waals surface area contributed by atoms with Crippen molar-refractivity contribution in [2.24, 2.45) is 0 Å². The topological polar surface area (TPSA) is 76.0 Å². The number of carbonyl (C=O) groups is 2. The Hall–Kier alpha value is -4.14. The maximum Gasteiger partial charge on any atom is 0.322 e. The fraction of sp³-hybridized carbons (Fsp3) is 0.250. The Kier molecular flexibility index (Phi) is 8.94. The molecular formula is C32H32Cl2N4O4. The number of fused-ring (bicyclic) bond motifs is 3. The van der Waals surface area contributed by atoms with Crippen LogP contribution in [-0.2, 0) is 4.79 Å². The summed E-state index contributed by atoms with van der Waals surface area (Å²) in [5, 5.41) is 3.44. The molecule has 42 heavy (non-hydrogen) atoms. The van der Waals surface area contributed by atoms with Gasteiger partial charge in [0.05, 0.1) is 47.0 Å². The van der Waals surface area contributed by atoms with Crippen LogP contribution in [0.2, 0.25) is 10.0 Å². The smallest absolute Gasteiger partial charge is 0.322 e. The molecule has 0 saturated carbocycles. The third kappa shape index (κ3) is 5.65. The molecule has 1 aliphatic rings.